The standard InChI is InChI=1S/C35H24O/c1-35(2)29-15-6-5-11-27(29)33-24(14-8-16-30(33)35)23-17-18-31-34-25(23)12-7-13-26(34)28-19-21-9-3-4-10-22(21)20-32(28)36-31/h3-20H,1-2H3. The Morgan fingerprint density at radius 1 is 0.500 bits per heavy atom. The Kier molecular flexibility index (Phi) is 3.79. The Morgan fingerprint density at radius 3 is 2.08 bits per heavy atom. The second-order valence-electron chi connectivity index (χ2n) is 10.5. The molecule has 0 bridgehead atoms. The summed E-state index contributed by atoms with van der Waals surface area (Å²) in [7, 11) is 0. The van der Waals surface area contributed by atoms with E-state index < -0.39 is 0 Å². The van der Waals surface area contributed by atoms with E-state index in [9.17, 15) is 0 Å². The van der Waals surface area contributed by atoms with Crippen molar-refractivity contribution >= 4 is 21.5 Å². The van der Waals surface area contributed by atoms with Gasteiger partial charge in [0.25, 0.3) is 0 Å². The van der Waals surface area contributed by atoms with Crippen molar-refractivity contribution in [2.45, 2.75) is 19.3 Å². The molecule has 1 heteroatoms. The second-order valence-corrected chi connectivity index (χ2v) is 10.5. The highest BCUT2D eigenvalue weighted by Crippen LogP contribution is 2.54. The van der Waals surface area contributed by atoms with E-state index in [1.54, 1.807) is 0 Å². The first kappa shape index (κ1) is 19.9. The summed E-state index contributed by atoms with van der Waals surface area (Å²) in [5.74, 6) is 1.86. The summed E-state index contributed by atoms with van der Waals surface area (Å²) in [5.41, 5.74) is 10.4. The van der Waals surface area contributed by atoms with Crippen molar-refractivity contribution in [2.75, 3.05) is 0 Å². The molecule has 1 aliphatic carbocycles. The van der Waals surface area contributed by atoms with E-state index in [2.05, 4.69) is 123 Å². The van der Waals surface area contributed by atoms with Gasteiger partial charge in [0.15, 0.2) is 0 Å². The summed E-state index contributed by atoms with van der Waals surface area (Å²) >= 11 is 0. The van der Waals surface area contributed by atoms with Gasteiger partial charge in [0.05, 0.1) is 0 Å². The smallest absolute Gasteiger partial charge is 0.135 e. The highest BCUT2D eigenvalue weighted by Gasteiger charge is 2.36. The van der Waals surface area contributed by atoms with Crippen molar-refractivity contribution in [3.05, 3.63) is 120 Å². The Bertz CT molecular complexity index is 1890. The van der Waals surface area contributed by atoms with Crippen LogP contribution in [0.25, 0.3) is 54.9 Å². The van der Waals surface area contributed by atoms with Crippen LogP contribution in [-0.4, -0.2) is 0 Å². The van der Waals surface area contributed by atoms with E-state index in [0.717, 1.165) is 17.1 Å². The molecule has 0 aromatic heterocycles. The number of benzene rings is 6. The zero-order valence-corrected chi connectivity index (χ0v) is 20.3. The van der Waals surface area contributed by atoms with Crippen molar-refractivity contribution in [1.29, 1.82) is 0 Å². The Hall–Kier alpha value is -4.36. The molecule has 0 fully saturated rings. The maximum atomic E-state index is 6.53. The highest BCUT2D eigenvalue weighted by molar-refractivity contribution is 6.12. The van der Waals surface area contributed by atoms with Gasteiger partial charge in [0.1, 0.15) is 11.5 Å². The average Bonchev–Trinajstić information content (AvgIpc) is 3.15. The molecule has 0 saturated heterocycles. The minimum Gasteiger partial charge on any atom is -0.456 e. The van der Waals surface area contributed by atoms with Crippen LogP contribution in [0.2, 0.25) is 0 Å². The van der Waals surface area contributed by atoms with E-state index >= 15 is 0 Å². The number of hydrogen-bond acceptors (Lipinski definition) is 1. The molecule has 6 aromatic carbocycles. The number of hydrogen-bond donors (Lipinski definition) is 0. The van der Waals surface area contributed by atoms with Crippen molar-refractivity contribution in [2.24, 2.45) is 0 Å². The van der Waals surface area contributed by atoms with E-state index in [-0.39, 0.29) is 5.41 Å². The van der Waals surface area contributed by atoms with Crippen molar-refractivity contribution in [1.82, 2.24) is 0 Å². The summed E-state index contributed by atoms with van der Waals surface area (Å²) in [5, 5.41) is 4.86. The van der Waals surface area contributed by atoms with Gasteiger partial charge in [-0.3, -0.25) is 0 Å². The van der Waals surface area contributed by atoms with Crippen LogP contribution in [0, 0.1) is 0 Å². The Labute approximate surface area is 210 Å². The monoisotopic (exact) mass is 460 g/mol. The number of fused-ring (bicyclic) bond motifs is 6. The van der Waals surface area contributed by atoms with Crippen LogP contribution in [-0.2, 0) is 5.41 Å². The number of ether oxygens (including phenoxy) is 1. The van der Waals surface area contributed by atoms with Gasteiger partial charge in [-0.1, -0.05) is 105 Å². The Balaban J connectivity index is 1.43. The first-order valence-electron chi connectivity index (χ1n) is 12.6. The van der Waals surface area contributed by atoms with Gasteiger partial charge >= 0.3 is 0 Å². The third-order valence-corrected chi connectivity index (χ3v) is 8.26. The van der Waals surface area contributed by atoms with Crippen LogP contribution in [0.1, 0.15) is 25.0 Å². The molecule has 0 unspecified atom stereocenters. The molecule has 1 aliphatic heterocycles. The molecule has 1 heterocycles. The van der Waals surface area contributed by atoms with Gasteiger partial charge in [-0.05, 0) is 73.3 Å². The molecule has 1 nitrogen and oxygen atoms in total. The van der Waals surface area contributed by atoms with Crippen LogP contribution in [0.5, 0.6) is 11.5 Å². The lowest BCUT2D eigenvalue weighted by Gasteiger charge is -2.24. The predicted molar refractivity (Wildman–Crippen MR) is 150 cm³/mol. The fourth-order valence-electron chi connectivity index (χ4n) is 6.53. The minimum absolute atomic E-state index is 0.0165. The molecule has 2 aliphatic rings. The molecular weight excluding hydrogens is 436 g/mol. The van der Waals surface area contributed by atoms with Crippen molar-refractivity contribution in [3.63, 3.8) is 0 Å². The molecule has 0 N–H and O–H groups in total. The maximum absolute atomic E-state index is 6.53. The van der Waals surface area contributed by atoms with Gasteiger partial charge in [-0.2, -0.15) is 0 Å². The number of rotatable bonds is 1. The summed E-state index contributed by atoms with van der Waals surface area (Å²) < 4.78 is 6.53. The first-order valence-corrected chi connectivity index (χ1v) is 12.6. The lowest BCUT2D eigenvalue weighted by atomic mass is 9.81. The van der Waals surface area contributed by atoms with Gasteiger partial charge in [-0.25, -0.2) is 0 Å². The molecule has 0 atom stereocenters. The zero-order valence-electron chi connectivity index (χ0n) is 20.3. The fraction of sp³-hybridized carbons (Fsp3) is 0.0857. The maximum Gasteiger partial charge on any atom is 0.135 e. The van der Waals surface area contributed by atoms with Crippen molar-refractivity contribution < 1.29 is 4.74 Å². The van der Waals surface area contributed by atoms with E-state index in [1.165, 1.54) is 60.5 Å². The van der Waals surface area contributed by atoms with Gasteiger partial charge in [0, 0.05) is 16.4 Å². The van der Waals surface area contributed by atoms with Gasteiger partial charge in [-0.15, -0.1) is 0 Å². The molecule has 36 heavy (non-hydrogen) atoms. The largest absolute Gasteiger partial charge is 0.456 e. The highest BCUT2D eigenvalue weighted by atomic mass is 16.5. The topological polar surface area (TPSA) is 9.23 Å². The SMILES string of the molecule is CC1(C)c2ccccc2-c2c(-c3ccc4c5c(cccc35)-c3cc5ccccc5cc3O4)cccc21. The van der Waals surface area contributed by atoms with Crippen molar-refractivity contribution in [3.8, 4) is 44.9 Å². The summed E-state index contributed by atoms with van der Waals surface area (Å²) in [4.78, 5) is 0. The summed E-state index contributed by atoms with van der Waals surface area (Å²) in [6.45, 7) is 4.68. The lowest BCUT2D eigenvalue weighted by Crippen LogP contribution is -2.14. The second kappa shape index (κ2) is 6.86. The quantitative estimate of drug-likeness (QED) is 0.237. The normalized spacial score (nSPS) is 14.3. The average molecular weight is 461 g/mol. The molecule has 8 rings (SSSR count). The van der Waals surface area contributed by atoms with Crippen LogP contribution in [0.4, 0.5) is 0 Å². The third kappa shape index (κ3) is 2.50. The zero-order chi connectivity index (χ0) is 24.0. The van der Waals surface area contributed by atoms with E-state index in [0.29, 0.717) is 0 Å². The third-order valence-electron chi connectivity index (χ3n) is 8.26. The molecule has 0 spiro atoms. The van der Waals surface area contributed by atoms with Gasteiger partial charge in [0.2, 0.25) is 0 Å². The van der Waals surface area contributed by atoms with Crippen LogP contribution in [0.15, 0.2) is 109 Å². The lowest BCUT2D eigenvalue weighted by molar-refractivity contribution is 0.488. The Morgan fingerprint density at radius 2 is 1.19 bits per heavy atom. The first-order chi connectivity index (χ1) is 17.6. The minimum atomic E-state index is -0.0165. The molecule has 0 amide bonds. The van der Waals surface area contributed by atoms with Crippen LogP contribution < -0.4 is 4.74 Å². The predicted octanol–water partition coefficient (Wildman–Crippen LogP) is 9.74. The summed E-state index contributed by atoms with van der Waals surface area (Å²) in [6.07, 6.45) is 0. The fourth-order valence-corrected chi connectivity index (χ4v) is 6.53. The van der Waals surface area contributed by atoms with E-state index in [1.807, 2.05) is 0 Å². The van der Waals surface area contributed by atoms with Crippen LogP contribution in [0.3, 0.4) is 0 Å². The van der Waals surface area contributed by atoms with Crippen LogP contribution >= 0.6 is 0 Å². The van der Waals surface area contributed by atoms with Gasteiger partial charge < -0.3 is 4.74 Å². The molecule has 6 aromatic rings. The molecule has 170 valence electrons. The summed E-state index contributed by atoms with van der Waals surface area (Å²) in [6, 6.07) is 39.7. The molecule has 0 radical (unpaired) electrons. The molecule has 0 saturated carbocycles. The van der Waals surface area contributed by atoms with E-state index in [4.69, 9.17) is 4.74 Å². The molecular formula is C35H24O.